The van der Waals surface area contributed by atoms with Crippen molar-refractivity contribution in [3.05, 3.63) is 95.1 Å². The molecular formula is C40H49IrN2O2-. The molecule has 2 heterocycles. The van der Waals surface area contributed by atoms with Crippen molar-refractivity contribution in [3.8, 4) is 22.4 Å². The van der Waals surface area contributed by atoms with Gasteiger partial charge in [0.1, 0.15) is 0 Å². The van der Waals surface area contributed by atoms with E-state index in [9.17, 15) is 9.90 Å². The largest absolute Gasteiger partial charge is 0.512 e. The first-order chi connectivity index (χ1) is 21.0. The van der Waals surface area contributed by atoms with Crippen LogP contribution in [0.4, 0.5) is 0 Å². The van der Waals surface area contributed by atoms with Crippen molar-refractivity contribution in [1.82, 2.24) is 9.97 Å². The van der Waals surface area contributed by atoms with E-state index in [1.54, 1.807) is 0 Å². The van der Waals surface area contributed by atoms with Crippen LogP contribution in [0.3, 0.4) is 0 Å². The van der Waals surface area contributed by atoms with Crippen LogP contribution in [0.1, 0.15) is 96.7 Å². The molecule has 0 fully saturated rings. The number of hydrogen-bond acceptors (Lipinski definition) is 4. The number of rotatable bonds is 8. The minimum absolute atomic E-state index is 0. The minimum atomic E-state index is 0. The summed E-state index contributed by atoms with van der Waals surface area (Å²) in [6, 6.07) is 21.0. The zero-order chi connectivity index (χ0) is 32.0. The van der Waals surface area contributed by atoms with Crippen LogP contribution in [0.25, 0.3) is 33.2 Å². The first-order valence-electron chi connectivity index (χ1n) is 16.4. The van der Waals surface area contributed by atoms with Crippen molar-refractivity contribution < 1.29 is 30.0 Å². The Labute approximate surface area is 284 Å². The second kappa shape index (κ2) is 15.9. The van der Waals surface area contributed by atoms with Gasteiger partial charge in [0, 0.05) is 66.9 Å². The summed E-state index contributed by atoms with van der Waals surface area (Å²) in [6.45, 7) is 16.9. The third kappa shape index (κ3) is 8.57. The topological polar surface area (TPSA) is 63.1 Å². The molecule has 5 rings (SSSR count). The van der Waals surface area contributed by atoms with Gasteiger partial charge >= 0.3 is 0 Å². The van der Waals surface area contributed by atoms with Crippen LogP contribution in [0, 0.1) is 24.8 Å². The normalized spacial score (nSPS) is 12.7. The predicted octanol–water partition coefficient (Wildman–Crippen LogP) is 10.3. The number of hydrogen-bond donors (Lipinski definition) is 1. The van der Waals surface area contributed by atoms with E-state index in [0.29, 0.717) is 0 Å². The molecule has 45 heavy (non-hydrogen) atoms. The van der Waals surface area contributed by atoms with Gasteiger partial charge in [0.05, 0.1) is 5.76 Å². The van der Waals surface area contributed by atoms with Crippen molar-refractivity contribution in [1.29, 1.82) is 0 Å². The van der Waals surface area contributed by atoms with E-state index in [0.717, 1.165) is 60.9 Å². The van der Waals surface area contributed by atoms with Gasteiger partial charge in [-0.1, -0.05) is 89.7 Å². The van der Waals surface area contributed by atoms with E-state index in [-0.39, 0.29) is 48.9 Å². The Hall–Kier alpha value is -3.14. The van der Waals surface area contributed by atoms with Gasteiger partial charge in [0.15, 0.2) is 5.78 Å². The molecule has 4 aromatic rings. The quantitative estimate of drug-likeness (QED) is 0.110. The number of ketones is 1. The Bertz CT molecular complexity index is 1640. The number of pyridine rings is 2. The average molecular weight is 782 g/mol. The Morgan fingerprint density at radius 3 is 2.24 bits per heavy atom. The number of fused-ring (bicyclic) bond motifs is 4. The maximum atomic E-state index is 11.7. The number of aromatic nitrogens is 2. The number of aliphatic hydroxyl groups excluding tert-OH is 1. The molecule has 2 aromatic heterocycles. The van der Waals surface area contributed by atoms with Gasteiger partial charge in [0.2, 0.25) is 0 Å². The molecule has 0 saturated heterocycles. The number of aliphatic hydroxyl groups is 1. The second-order valence-electron chi connectivity index (χ2n) is 13.1. The van der Waals surface area contributed by atoms with Crippen LogP contribution in [0.5, 0.6) is 0 Å². The predicted molar refractivity (Wildman–Crippen MR) is 184 cm³/mol. The standard InChI is InChI=1S/C27H25N2.C13H24O2.Ir/c1-17-9-11-22-23-15-26(28-16-19(23)10-12-25(22)29-17)20-13-18-7-5-6-8-21(18)24(14-20)27(2,3)4;1-5-10(6-2)12(14)9-13(15)11(7-3)8-4;/h5-9,11,14-16H,10,12H2,1-4H3;9-11,14H,5-8H2,1-4H3;/q-1;;/b;12-9-;. The maximum Gasteiger partial charge on any atom is 0.162 e. The molecule has 0 amide bonds. The van der Waals surface area contributed by atoms with Gasteiger partial charge in [-0.15, -0.1) is 29.1 Å². The SMILES string of the molecule is CCC(CC)C(=O)/C=C(\O)C(CC)CC.Cc1ccc2c(n1)CCc1cnc(-c3[c-]c4ccccc4c(C(C)(C)C)c3)cc1-2.[Ir]. The molecule has 1 N–H and O–H groups in total. The van der Waals surface area contributed by atoms with E-state index in [1.165, 1.54) is 39.4 Å². The summed E-state index contributed by atoms with van der Waals surface area (Å²) in [7, 11) is 0. The first kappa shape index (κ1) is 36.3. The van der Waals surface area contributed by atoms with Crippen molar-refractivity contribution in [2.24, 2.45) is 11.8 Å². The molecule has 0 bridgehead atoms. The summed E-state index contributed by atoms with van der Waals surface area (Å²) in [6.07, 6.45) is 8.94. The van der Waals surface area contributed by atoms with Crippen LogP contribution in [-0.4, -0.2) is 20.9 Å². The van der Waals surface area contributed by atoms with Crippen molar-refractivity contribution in [2.75, 3.05) is 0 Å². The second-order valence-corrected chi connectivity index (χ2v) is 13.1. The molecule has 4 nitrogen and oxygen atoms in total. The van der Waals surface area contributed by atoms with Gasteiger partial charge in [-0.3, -0.25) is 14.8 Å². The summed E-state index contributed by atoms with van der Waals surface area (Å²) in [5, 5.41) is 12.2. The van der Waals surface area contributed by atoms with Crippen LogP contribution in [-0.2, 0) is 43.2 Å². The molecule has 2 aromatic carbocycles. The van der Waals surface area contributed by atoms with Crippen LogP contribution in [0.15, 0.2) is 66.6 Å². The van der Waals surface area contributed by atoms with E-state index in [2.05, 4.69) is 82.3 Å². The number of nitrogens with zero attached hydrogens (tertiary/aromatic N) is 2. The third-order valence-corrected chi connectivity index (χ3v) is 8.96. The monoisotopic (exact) mass is 782 g/mol. The number of carbonyl (C=O) groups excluding carboxylic acids is 1. The van der Waals surface area contributed by atoms with Crippen molar-refractivity contribution in [2.45, 2.75) is 99.3 Å². The van der Waals surface area contributed by atoms with Crippen molar-refractivity contribution in [3.63, 3.8) is 0 Å². The Morgan fingerprint density at radius 2 is 1.60 bits per heavy atom. The maximum absolute atomic E-state index is 11.7. The van der Waals surface area contributed by atoms with E-state index in [4.69, 9.17) is 9.97 Å². The minimum Gasteiger partial charge on any atom is -0.512 e. The van der Waals surface area contributed by atoms with Crippen LogP contribution in [0.2, 0.25) is 0 Å². The number of carbonyl (C=O) groups is 1. The van der Waals surface area contributed by atoms with Crippen molar-refractivity contribution >= 4 is 16.6 Å². The number of allylic oxidation sites excluding steroid dienone is 2. The van der Waals surface area contributed by atoms with Gasteiger partial charge < -0.3 is 5.11 Å². The Morgan fingerprint density at radius 1 is 0.933 bits per heavy atom. The first-order valence-corrected chi connectivity index (χ1v) is 16.4. The molecule has 1 radical (unpaired) electrons. The molecule has 0 aliphatic heterocycles. The molecular weight excluding hydrogens is 733 g/mol. The van der Waals surface area contributed by atoms with E-state index < -0.39 is 0 Å². The van der Waals surface area contributed by atoms with Crippen LogP contribution >= 0.6 is 0 Å². The molecule has 241 valence electrons. The van der Waals surface area contributed by atoms with Crippen LogP contribution < -0.4 is 0 Å². The molecule has 1 aliphatic rings. The fourth-order valence-electron chi connectivity index (χ4n) is 6.15. The molecule has 0 atom stereocenters. The summed E-state index contributed by atoms with van der Waals surface area (Å²) < 4.78 is 0. The van der Waals surface area contributed by atoms with Gasteiger partial charge in [-0.2, -0.15) is 0 Å². The molecule has 0 unspecified atom stereocenters. The Kier molecular flexibility index (Phi) is 12.9. The summed E-state index contributed by atoms with van der Waals surface area (Å²) >= 11 is 0. The number of aryl methyl sites for hydroxylation is 3. The average Bonchev–Trinajstić information content (AvgIpc) is 3.01. The molecule has 0 saturated carbocycles. The summed E-state index contributed by atoms with van der Waals surface area (Å²) in [5.41, 5.74) is 9.53. The molecule has 5 heteroatoms. The molecule has 0 spiro atoms. The van der Waals surface area contributed by atoms with E-state index >= 15 is 0 Å². The smallest absolute Gasteiger partial charge is 0.162 e. The summed E-state index contributed by atoms with van der Waals surface area (Å²) in [4.78, 5) is 21.3. The van der Waals surface area contributed by atoms with E-state index in [1.807, 2.05) is 33.9 Å². The fourth-order valence-corrected chi connectivity index (χ4v) is 6.15. The summed E-state index contributed by atoms with van der Waals surface area (Å²) in [5.74, 6) is 0.547. The fraction of sp³-hybridized carbons (Fsp3) is 0.425. The zero-order valence-corrected chi connectivity index (χ0v) is 30.6. The molecule has 1 aliphatic carbocycles. The zero-order valence-electron chi connectivity index (χ0n) is 28.3. The van der Waals surface area contributed by atoms with Gasteiger partial charge in [-0.25, -0.2) is 0 Å². The Balaban J connectivity index is 0.000000297. The number of benzene rings is 2. The van der Waals surface area contributed by atoms with Gasteiger partial charge in [-0.05, 0) is 68.1 Å². The van der Waals surface area contributed by atoms with Gasteiger partial charge in [0.25, 0.3) is 0 Å². The third-order valence-electron chi connectivity index (χ3n) is 8.96.